The zero-order valence-electron chi connectivity index (χ0n) is 16.7. The fraction of sp³-hybridized carbons (Fsp3) is 0.435. The molecule has 1 aliphatic rings. The first-order valence-corrected chi connectivity index (χ1v) is 10.3. The number of urea groups is 1. The van der Waals surface area contributed by atoms with Crippen molar-refractivity contribution in [2.75, 3.05) is 32.0 Å². The van der Waals surface area contributed by atoms with Gasteiger partial charge in [-0.05, 0) is 55.6 Å². The van der Waals surface area contributed by atoms with Crippen LogP contribution in [0.2, 0.25) is 0 Å². The molecule has 5 heteroatoms. The van der Waals surface area contributed by atoms with Gasteiger partial charge in [0.2, 0.25) is 0 Å². The summed E-state index contributed by atoms with van der Waals surface area (Å²) in [6.45, 7) is 3.92. The largest absolute Gasteiger partial charge is 0.487 e. The molecule has 0 atom stereocenters. The van der Waals surface area contributed by atoms with Crippen LogP contribution in [0.15, 0.2) is 48.5 Å². The first-order chi connectivity index (χ1) is 13.7. The van der Waals surface area contributed by atoms with Crippen LogP contribution in [-0.2, 0) is 13.0 Å². The molecule has 3 rings (SSSR count). The first-order valence-electron chi connectivity index (χ1n) is 10.3. The molecule has 1 saturated heterocycles. The molecule has 0 aliphatic carbocycles. The molecule has 0 aromatic heterocycles. The number of carbonyl (C=O) groups is 1. The third-order valence-corrected chi connectivity index (χ3v) is 5.17. The SMILES string of the molecule is CNC(=O)Nc1cc(CCN2CCCCCC2)ccc1OCc1ccccc1. The van der Waals surface area contributed by atoms with Gasteiger partial charge in [0.25, 0.3) is 0 Å². The standard InChI is InChI=1S/C23H31N3O2/c1-24-23(27)25-21-17-19(13-16-26-14-7-2-3-8-15-26)11-12-22(21)28-18-20-9-5-4-6-10-20/h4-6,9-12,17H,2-3,7-8,13-16,18H2,1H3,(H2,24,25,27). The number of rotatable bonds is 7. The highest BCUT2D eigenvalue weighted by molar-refractivity contribution is 5.90. The number of likely N-dealkylation sites (tertiary alicyclic amines) is 1. The monoisotopic (exact) mass is 381 g/mol. The molecular weight excluding hydrogens is 350 g/mol. The predicted molar refractivity (Wildman–Crippen MR) is 114 cm³/mol. The van der Waals surface area contributed by atoms with Gasteiger partial charge < -0.3 is 20.3 Å². The maximum atomic E-state index is 11.9. The van der Waals surface area contributed by atoms with E-state index in [-0.39, 0.29) is 6.03 Å². The van der Waals surface area contributed by atoms with E-state index in [1.54, 1.807) is 7.05 Å². The summed E-state index contributed by atoms with van der Waals surface area (Å²) in [5.74, 6) is 0.686. The van der Waals surface area contributed by atoms with E-state index in [2.05, 4.69) is 21.6 Å². The van der Waals surface area contributed by atoms with Crippen LogP contribution in [0, 0.1) is 0 Å². The minimum absolute atomic E-state index is 0.241. The van der Waals surface area contributed by atoms with Crippen LogP contribution < -0.4 is 15.4 Å². The molecule has 1 aliphatic heterocycles. The van der Waals surface area contributed by atoms with Crippen LogP contribution in [0.4, 0.5) is 10.5 Å². The highest BCUT2D eigenvalue weighted by Crippen LogP contribution is 2.27. The average molecular weight is 382 g/mol. The molecule has 2 amide bonds. The maximum Gasteiger partial charge on any atom is 0.319 e. The molecule has 0 radical (unpaired) electrons. The van der Waals surface area contributed by atoms with Gasteiger partial charge in [0.05, 0.1) is 5.69 Å². The van der Waals surface area contributed by atoms with E-state index in [0.717, 1.165) is 18.5 Å². The Labute approximate surface area is 168 Å². The van der Waals surface area contributed by atoms with Crippen molar-refractivity contribution in [3.05, 3.63) is 59.7 Å². The minimum atomic E-state index is -0.241. The number of nitrogens with zero attached hydrogens (tertiary/aromatic N) is 1. The van der Waals surface area contributed by atoms with Crippen LogP contribution >= 0.6 is 0 Å². The molecule has 2 aromatic carbocycles. The van der Waals surface area contributed by atoms with Gasteiger partial charge in [-0.2, -0.15) is 0 Å². The smallest absolute Gasteiger partial charge is 0.319 e. The van der Waals surface area contributed by atoms with Crippen LogP contribution in [0.25, 0.3) is 0 Å². The summed E-state index contributed by atoms with van der Waals surface area (Å²) >= 11 is 0. The number of benzene rings is 2. The van der Waals surface area contributed by atoms with E-state index < -0.39 is 0 Å². The lowest BCUT2D eigenvalue weighted by molar-refractivity contribution is 0.253. The number of carbonyl (C=O) groups excluding carboxylic acids is 1. The molecule has 0 spiro atoms. The van der Waals surface area contributed by atoms with Gasteiger partial charge in [0, 0.05) is 13.6 Å². The van der Waals surface area contributed by atoms with Crippen molar-refractivity contribution in [3.63, 3.8) is 0 Å². The number of hydrogen-bond donors (Lipinski definition) is 2. The van der Waals surface area contributed by atoms with Gasteiger partial charge in [0.1, 0.15) is 12.4 Å². The van der Waals surface area contributed by atoms with Gasteiger partial charge in [0.15, 0.2) is 0 Å². The van der Waals surface area contributed by atoms with E-state index >= 15 is 0 Å². The molecule has 0 saturated carbocycles. The van der Waals surface area contributed by atoms with E-state index in [4.69, 9.17) is 4.74 Å². The fourth-order valence-electron chi connectivity index (χ4n) is 3.52. The molecule has 1 heterocycles. The lowest BCUT2D eigenvalue weighted by atomic mass is 10.1. The van der Waals surface area contributed by atoms with Gasteiger partial charge in [-0.1, -0.05) is 49.2 Å². The van der Waals surface area contributed by atoms with Crippen LogP contribution in [0.5, 0.6) is 5.75 Å². The average Bonchev–Trinajstić information content (AvgIpc) is 3.01. The number of ether oxygens (including phenoxy) is 1. The van der Waals surface area contributed by atoms with Crippen molar-refractivity contribution in [2.45, 2.75) is 38.7 Å². The van der Waals surface area contributed by atoms with Crippen LogP contribution in [0.1, 0.15) is 36.8 Å². The summed E-state index contributed by atoms with van der Waals surface area (Å²) in [5, 5.41) is 5.51. The molecule has 2 N–H and O–H groups in total. The Bertz CT molecular complexity index is 741. The summed E-state index contributed by atoms with van der Waals surface area (Å²) in [7, 11) is 1.61. The minimum Gasteiger partial charge on any atom is -0.487 e. The molecule has 0 unspecified atom stereocenters. The number of hydrogen-bond acceptors (Lipinski definition) is 3. The Hall–Kier alpha value is -2.53. The first kappa shape index (κ1) is 20.2. The third kappa shape index (κ3) is 6.27. The second-order valence-corrected chi connectivity index (χ2v) is 7.31. The zero-order valence-corrected chi connectivity index (χ0v) is 16.7. The molecule has 1 fully saturated rings. The predicted octanol–water partition coefficient (Wildman–Crippen LogP) is 4.44. The Morgan fingerprint density at radius 1 is 1.00 bits per heavy atom. The van der Waals surface area contributed by atoms with Gasteiger partial charge in [-0.25, -0.2) is 4.79 Å². The fourth-order valence-corrected chi connectivity index (χ4v) is 3.52. The van der Waals surface area contributed by atoms with E-state index in [1.807, 2.05) is 42.5 Å². The third-order valence-electron chi connectivity index (χ3n) is 5.17. The molecular formula is C23H31N3O2. The highest BCUT2D eigenvalue weighted by atomic mass is 16.5. The lowest BCUT2D eigenvalue weighted by Crippen LogP contribution is -2.27. The van der Waals surface area contributed by atoms with Crippen molar-refractivity contribution in [1.82, 2.24) is 10.2 Å². The Balaban J connectivity index is 1.66. The second-order valence-electron chi connectivity index (χ2n) is 7.31. The van der Waals surface area contributed by atoms with E-state index in [9.17, 15) is 4.79 Å². The summed E-state index contributed by atoms with van der Waals surface area (Å²) in [5.41, 5.74) is 3.02. The maximum absolute atomic E-state index is 11.9. The van der Waals surface area contributed by atoms with Crippen LogP contribution in [0.3, 0.4) is 0 Å². The summed E-state index contributed by atoms with van der Waals surface area (Å²) in [6.07, 6.45) is 6.28. The zero-order chi connectivity index (χ0) is 19.6. The van der Waals surface area contributed by atoms with Crippen molar-refractivity contribution in [2.24, 2.45) is 0 Å². The molecule has 28 heavy (non-hydrogen) atoms. The summed E-state index contributed by atoms with van der Waals surface area (Å²) in [4.78, 5) is 14.4. The van der Waals surface area contributed by atoms with Crippen molar-refractivity contribution in [1.29, 1.82) is 0 Å². The molecule has 2 aromatic rings. The molecule has 150 valence electrons. The number of anilines is 1. The second kappa shape index (κ2) is 10.7. The Morgan fingerprint density at radius 2 is 1.75 bits per heavy atom. The van der Waals surface area contributed by atoms with Crippen molar-refractivity contribution < 1.29 is 9.53 Å². The summed E-state index contributed by atoms with van der Waals surface area (Å²) < 4.78 is 5.98. The van der Waals surface area contributed by atoms with Gasteiger partial charge in [-0.3, -0.25) is 0 Å². The normalized spacial score (nSPS) is 14.9. The topological polar surface area (TPSA) is 53.6 Å². The lowest BCUT2D eigenvalue weighted by Gasteiger charge is -2.20. The van der Waals surface area contributed by atoms with E-state index in [1.165, 1.54) is 44.3 Å². The van der Waals surface area contributed by atoms with Gasteiger partial charge in [-0.15, -0.1) is 0 Å². The summed E-state index contributed by atoms with van der Waals surface area (Å²) in [6, 6.07) is 15.9. The van der Waals surface area contributed by atoms with Gasteiger partial charge >= 0.3 is 6.03 Å². The number of nitrogens with one attached hydrogen (secondary N) is 2. The van der Waals surface area contributed by atoms with Crippen molar-refractivity contribution in [3.8, 4) is 5.75 Å². The molecule has 0 bridgehead atoms. The van der Waals surface area contributed by atoms with E-state index in [0.29, 0.717) is 18.0 Å². The number of amides is 2. The van der Waals surface area contributed by atoms with Crippen LogP contribution in [-0.4, -0.2) is 37.6 Å². The Morgan fingerprint density at radius 3 is 2.46 bits per heavy atom. The van der Waals surface area contributed by atoms with Crippen molar-refractivity contribution >= 4 is 11.7 Å². The quantitative estimate of drug-likeness (QED) is 0.746. The molecule has 5 nitrogen and oxygen atoms in total. The Kier molecular flexibility index (Phi) is 7.73. The highest BCUT2D eigenvalue weighted by Gasteiger charge is 2.12.